The number of hydrogen-bond donors (Lipinski definition) is 1. The van der Waals surface area contributed by atoms with Crippen molar-refractivity contribution >= 4 is 0 Å². The van der Waals surface area contributed by atoms with Crippen LogP contribution in [0.1, 0.15) is 17.7 Å². The first kappa shape index (κ1) is 14.4. The van der Waals surface area contributed by atoms with E-state index in [1.165, 1.54) is 0 Å². The van der Waals surface area contributed by atoms with Gasteiger partial charge in [-0.3, -0.25) is 0 Å². The number of aromatic nitrogens is 1. The van der Waals surface area contributed by atoms with Gasteiger partial charge in [-0.1, -0.05) is 0 Å². The molecule has 0 aromatic carbocycles. The van der Waals surface area contributed by atoms with Gasteiger partial charge in [-0.15, -0.1) is 13.2 Å². The van der Waals surface area contributed by atoms with Gasteiger partial charge in [0.2, 0.25) is 0 Å². The van der Waals surface area contributed by atoms with Gasteiger partial charge < -0.3 is 15.2 Å². The first-order valence-electron chi connectivity index (χ1n) is 4.60. The van der Waals surface area contributed by atoms with Crippen molar-refractivity contribution in [2.45, 2.75) is 19.3 Å². The van der Waals surface area contributed by atoms with Crippen LogP contribution in [-0.4, -0.2) is 18.5 Å². The molecule has 0 radical (unpaired) electrons. The molecule has 1 heterocycles. The van der Waals surface area contributed by atoms with E-state index in [-0.39, 0.29) is 12.1 Å². The molecule has 0 amide bonds. The third-order valence-electron chi connectivity index (χ3n) is 1.90. The Morgan fingerprint density at radius 3 is 2.39 bits per heavy atom. The maximum Gasteiger partial charge on any atom is 0.574 e. The van der Waals surface area contributed by atoms with Crippen LogP contribution < -0.4 is 15.2 Å². The second-order valence-electron chi connectivity index (χ2n) is 3.10. The average molecular weight is 272 g/mol. The van der Waals surface area contributed by atoms with Crippen LogP contribution in [0, 0.1) is 0 Å². The minimum Gasteiger partial charge on any atom is -0.491 e. The summed E-state index contributed by atoms with van der Waals surface area (Å²) in [5.74, 6) is -1.50. The molecule has 0 atom stereocenters. The number of nitrogens with two attached hydrogens (primary N) is 1. The molecule has 4 nitrogen and oxygen atoms in total. The molecule has 0 saturated carbocycles. The maximum absolute atomic E-state index is 12.5. The van der Waals surface area contributed by atoms with Crippen molar-refractivity contribution in [1.29, 1.82) is 0 Å². The fraction of sp³-hybridized carbons (Fsp3) is 0.444. The molecule has 2 N–H and O–H groups in total. The van der Waals surface area contributed by atoms with Crippen LogP contribution in [0.5, 0.6) is 11.6 Å². The van der Waals surface area contributed by atoms with Gasteiger partial charge in [0.15, 0.2) is 5.75 Å². The second-order valence-corrected chi connectivity index (χ2v) is 3.10. The van der Waals surface area contributed by atoms with Gasteiger partial charge >= 0.3 is 6.36 Å². The maximum atomic E-state index is 12.5. The van der Waals surface area contributed by atoms with Gasteiger partial charge in [0.1, 0.15) is 5.69 Å². The lowest BCUT2D eigenvalue weighted by atomic mass is 10.2. The van der Waals surface area contributed by atoms with Crippen LogP contribution in [0.25, 0.3) is 0 Å². The van der Waals surface area contributed by atoms with Crippen molar-refractivity contribution in [3.05, 3.63) is 17.3 Å². The van der Waals surface area contributed by atoms with Gasteiger partial charge in [-0.2, -0.15) is 0 Å². The summed E-state index contributed by atoms with van der Waals surface area (Å²) < 4.78 is 69.3. The van der Waals surface area contributed by atoms with Gasteiger partial charge in [0.05, 0.1) is 7.11 Å². The Balaban J connectivity index is 3.31. The van der Waals surface area contributed by atoms with E-state index in [2.05, 4.69) is 14.5 Å². The Bertz CT molecular complexity index is 422. The predicted octanol–water partition coefficient (Wildman–Crippen LogP) is 2.39. The lowest BCUT2D eigenvalue weighted by Crippen LogP contribution is -2.19. The lowest BCUT2D eigenvalue weighted by Gasteiger charge is -2.15. The summed E-state index contributed by atoms with van der Waals surface area (Å²) in [5, 5.41) is 0. The quantitative estimate of drug-likeness (QED) is 0.855. The molecule has 18 heavy (non-hydrogen) atoms. The zero-order valence-electron chi connectivity index (χ0n) is 9.09. The molecule has 102 valence electrons. The van der Waals surface area contributed by atoms with E-state index in [1.807, 2.05) is 0 Å². The number of halogens is 5. The van der Waals surface area contributed by atoms with Crippen LogP contribution in [0.4, 0.5) is 22.0 Å². The molecule has 0 fully saturated rings. The van der Waals surface area contributed by atoms with E-state index in [0.29, 0.717) is 0 Å². The Morgan fingerprint density at radius 2 is 2.00 bits per heavy atom. The van der Waals surface area contributed by atoms with E-state index < -0.39 is 30.1 Å². The highest BCUT2D eigenvalue weighted by atomic mass is 19.4. The summed E-state index contributed by atoms with van der Waals surface area (Å²) >= 11 is 0. The first-order valence-corrected chi connectivity index (χ1v) is 4.60. The van der Waals surface area contributed by atoms with Crippen molar-refractivity contribution in [2.75, 3.05) is 7.11 Å². The minimum absolute atomic E-state index is 0.0537. The van der Waals surface area contributed by atoms with Crippen LogP contribution in [0.3, 0.4) is 0 Å². The van der Waals surface area contributed by atoms with E-state index in [1.54, 1.807) is 0 Å². The standard InChI is InChI=1S/C9H9F5N2O2/c1-17-6-4(3-15)2-5(7(10)11)16-8(6)18-9(12,13)14/h2,7H,3,15H2,1H3. The molecule has 0 spiro atoms. The number of rotatable bonds is 4. The third kappa shape index (κ3) is 3.42. The molecule has 0 aliphatic rings. The largest absolute Gasteiger partial charge is 0.574 e. The number of hydrogen-bond acceptors (Lipinski definition) is 4. The minimum atomic E-state index is -5.06. The van der Waals surface area contributed by atoms with Gasteiger partial charge in [0, 0.05) is 12.1 Å². The van der Waals surface area contributed by atoms with Crippen LogP contribution in [0.2, 0.25) is 0 Å². The van der Waals surface area contributed by atoms with Crippen LogP contribution in [-0.2, 0) is 6.54 Å². The monoisotopic (exact) mass is 272 g/mol. The fourth-order valence-electron chi connectivity index (χ4n) is 1.24. The summed E-state index contributed by atoms with van der Waals surface area (Å²) in [5.41, 5.74) is 4.32. The molecule has 0 saturated heterocycles. The molecule has 0 bridgehead atoms. The number of nitrogens with zero attached hydrogens (tertiary/aromatic N) is 1. The molecular weight excluding hydrogens is 263 g/mol. The van der Waals surface area contributed by atoms with E-state index in [0.717, 1.165) is 13.2 Å². The summed E-state index contributed by atoms with van der Waals surface area (Å²) in [6.45, 7) is -0.292. The number of methoxy groups -OCH3 is 1. The van der Waals surface area contributed by atoms with Crippen molar-refractivity contribution in [3.8, 4) is 11.6 Å². The molecule has 0 aliphatic carbocycles. The Kier molecular flexibility index (Phi) is 4.28. The zero-order chi connectivity index (χ0) is 13.9. The highest BCUT2D eigenvalue weighted by Gasteiger charge is 2.34. The SMILES string of the molecule is COc1c(CN)cc(C(F)F)nc1OC(F)(F)F. The van der Waals surface area contributed by atoms with E-state index in [4.69, 9.17) is 5.73 Å². The molecule has 1 aromatic heterocycles. The average Bonchev–Trinajstić information content (AvgIpc) is 2.25. The van der Waals surface area contributed by atoms with Crippen molar-refractivity contribution in [1.82, 2.24) is 4.98 Å². The summed E-state index contributed by atoms with van der Waals surface area (Å²) in [7, 11) is 1.06. The van der Waals surface area contributed by atoms with Crippen LogP contribution in [0.15, 0.2) is 6.07 Å². The smallest absolute Gasteiger partial charge is 0.491 e. The number of ether oxygens (including phenoxy) is 2. The highest BCUT2D eigenvalue weighted by Crippen LogP contribution is 2.35. The third-order valence-corrected chi connectivity index (χ3v) is 1.90. The van der Waals surface area contributed by atoms with Crippen molar-refractivity contribution in [3.63, 3.8) is 0 Å². The Hall–Kier alpha value is -1.64. The summed E-state index contributed by atoms with van der Waals surface area (Å²) in [6, 6.07) is 0.868. The topological polar surface area (TPSA) is 57.4 Å². The zero-order valence-corrected chi connectivity index (χ0v) is 9.09. The Morgan fingerprint density at radius 1 is 1.39 bits per heavy atom. The summed E-state index contributed by atoms with van der Waals surface area (Å²) in [4.78, 5) is 3.06. The molecule has 9 heteroatoms. The van der Waals surface area contributed by atoms with Crippen molar-refractivity contribution < 1.29 is 31.4 Å². The number of pyridine rings is 1. The number of alkyl halides is 5. The molecule has 1 aromatic rings. The van der Waals surface area contributed by atoms with Gasteiger partial charge in [-0.05, 0) is 6.07 Å². The van der Waals surface area contributed by atoms with E-state index >= 15 is 0 Å². The van der Waals surface area contributed by atoms with E-state index in [9.17, 15) is 22.0 Å². The molecule has 1 rings (SSSR count). The predicted molar refractivity (Wildman–Crippen MR) is 50.3 cm³/mol. The molecular formula is C9H9F5N2O2. The van der Waals surface area contributed by atoms with Crippen LogP contribution >= 0.6 is 0 Å². The first-order chi connectivity index (χ1) is 8.28. The summed E-state index contributed by atoms with van der Waals surface area (Å²) in [6.07, 6.45) is -8.11. The second kappa shape index (κ2) is 5.34. The molecule has 0 aliphatic heterocycles. The van der Waals surface area contributed by atoms with Gasteiger partial charge in [0.25, 0.3) is 12.3 Å². The van der Waals surface area contributed by atoms with Gasteiger partial charge in [-0.25, -0.2) is 13.8 Å². The Labute approximate surface area is 98.5 Å². The van der Waals surface area contributed by atoms with Crippen molar-refractivity contribution in [2.24, 2.45) is 5.73 Å². The highest BCUT2D eigenvalue weighted by molar-refractivity contribution is 5.43. The lowest BCUT2D eigenvalue weighted by molar-refractivity contribution is -0.276. The normalized spacial score (nSPS) is 11.8. The molecule has 0 unspecified atom stereocenters. The fourth-order valence-corrected chi connectivity index (χ4v) is 1.24.